The number of hydrogen-bond acceptors (Lipinski definition) is 5. The first kappa shape index (κ1) is 21.0. The Morgan fingerprint density at radius 3 is 2.29 bits per heavy atom. The molecule has 162 valence electrons. The molecule has 31 heavy (non-hydrogen) atoms. The minimum atomic E-state index is 0.117. The fourth-order valence-corrected chi connectivity index (χ4v) is 4.48. The van der Waals surface area contributed by atoms with E-state index in [-0.39, 0.29) is 5.78 Å². The fraction of sp³-hybridized carbons (Fsp3) is 0.360. The minimum absolute atomic E-state index is 0.117. The highest BCUT2D eigenvalue weighted by Crippen LogP contribution is 2.42. The van der Waals surface area contributed by atoms with Gasteiger partial charge in [-0.1, -0.05) is 6.92 Å². The van der Waals surface area contributed by atoms with Crippen molar-refractivity contribution >= 4 is 16.6 Å². The van der Waals surface area contributed by atoms with Crippen LogP contribution in [0.2, 0.25) is 0 Å². The largest absolute Gasteiger partial charge is 0.493 e. The maximum atomic E-state index is 13.4. The van der Waals surface area contributed by atoms with Gasteiger partial charge in [0.05, 0.1) is 45.0 Å². The topological polar surface area (TPSA) is 57.9 Å². The molecule has 1 aliphatic rings. The highest BCUT2D eigenvalue weighted by Gasteiger charge is 2.33. The van der Waals surface area contributed by atoms with Crippen LogP contribution in [-0.4, -0.2) is 34.2 Å². The Bertz CT molecular complexity index is 1170. The third-order valence-corrected chi connectivity index (χ3v) is 5.90. The summed E-state index contributed by atoms with van der Waals surface area (Å²) in [5.74, 6) is 2.75. The molecule has 2 heterocycles. The van der Waals surface area contributed by atoms with Crippen molar-refractivity contribution in [3.63, 3.8) is 0 Å². The smallest absolute Gasteiger partial charge is 0.224 e. The molecular formula is C25H28NO5+. The third kappa shape index (κ3) is 3.36. The molecule has 0 amide bonds. The number of fused-ring (bicyclic) bond motifs is 4. The van der Waals surface area contributed by atoms with E-state index in [9.17, 15) is 4.79 Å². The number of aryl methyl sites for hydroxylation is 2. The molecule has 1 aromatic heterocycles. The Morgan fingerprint density at radius 2 is 1.65 bits per heavy atom. The Hall–Kier alpha value is -3.28. The summed E-state index contributed by atoms with van der Waals surface area (Å²) in [5.41, 5.74) is 3.77. The van der Waals surface area contributed by atoms with Crippen LogP contribution in [-0.2, 0) is 13.0 Å². The van der Waals surface area contributed by atoms with Gasteiger partial charge in [-0.05, 0) is 36.2 Å². The Balaban J connectivity index is 2.11. The Morgan fingerprint density at radius 1 is 0.935 bits per heavy atom. The fourth-order valence-electron chi connectivity index (χ4n) is 4.48. The van der Waals surface area contributed by atoms with Crippen LogP contribution < -0.4 is 23.5 Å². The van der Waals surface area contributed by atoms with Crippen molar-refractivity contribution in [2.24, 2.45) is 0 Å². The van der Waals surface area contributed by atoms with Crippen LogP contribution in [0.25, 0.3) is 22.0 Å². The molecule has 0 bridgehead atoms. The molecule has 1 aliphatic heterocycles. The van der Waals surface area contributed by atoms with Gasteiger partial charge in [-0.25, -0.2) is 0 Å². The standard InChI is InChI=1S/C25H28NO5/c1-6-7-19(27)23-16-8-9-20(28-2)25(31-5)18(16)14-26-11-10-15-12-21(29-3)22(30-4)13-17(15)24(23)26/h8-9,12-14H,6-7,10-11H2,1-5H3/q+1. The second-order valence-corrected chi connectivity index (χ2v) is 7.60. The van der Waals surface area contributed by atoms with E-state index in [1.165, 1.54) is 0 Å². The summed E-state index contributed by atoms with van der Waals surface area (Å²) in [6.07, 6.45) is 4.14. The molecule has 4 rings (SSSR count). The van der Waals surface area contributed by atoms with Crippen LogP contribution in [0, 0.1) is 0 Å². The van der Waals surface area contributed by atoms with Crippen molar-refractivity contribution in [1.82, 2.24) is 0 Å². The van der Waals surface area contributed by atoms with Gasteiger partial charge in [0.2, 0.25) is 5.69 Å². The van der Waals surface area contributed by atoms with Gasteiger partial charge in [-0.15, -0.1) is 0 Å². The maximum Gasteiger partial charge on any atom is 0.224 e. The molecule has 0 aliphatic carbocycles. The third-order valence-electron chi connectivity index (χ3n) is 5.90. The zero-order valence-electron chi connectivity index (χ0n) is 18.7. The quantitative estimate of drug-likeness (QED) is 0.418. The molecule has 0 fully saturated rings. The van der Waals surface area contributed by atoms with E-state index in [2.05, 4.69) is 10.8 Å². The molecule has 2 aromatic carbocycles. The van der Waals surface area contributed by atoms with E-state index in [1.807, 2.05) is 31.2 Å². The van der Waals surface area contributed by atoms with Crippen LogP contribution in [0.5, 0.6) is 23.0 Å². The number of benzene rings is 2. The lowest BCUT2D eigenvalue weighted by molar-refractivity contribution is -0.686. The van der Waals surface area contributed by atoms with Gasteiger partial charge in [0, 0.05) is 18.2 Å². The highest BCUT2D eigenvalue weighted by atomic mass is 16.5. The zero-order valence-corrected chi connectivity index (χ0v) is 18.7. The number of Topliss-reactive ketones (excluding diaryl/α,β-unsaturated/α-hetero) is 1. The number of methoxy groups -OCH3 is 4. The highest BCUT2D eigenvalue weighted by molar-refractivity contribution is 6.13. The van der Waals surface area contributed by atoms with E-state index in [0.29, 0.717) is 35.0 Å². The first-order chi connectivity index (χ1) is 15.1. The van der Waals surface area contributed by atoms with Crippen LogP contribution in [0.3, 0.4) is 0 Å². The number of pyridine rings is 1. The molecule has 6 heteroatoms. The summed E-state index contributed by atoms with van der Waals surface area (Å²) in [6, 6.07) is 7.81. The van der Waals surface area contributed by atoms with E-state index in [0.717, 1.165) is 47.0 Å². The molecule has 0 radical (unpaired) electrons. The number of carbonyl (C=O) groups is 1. The molecule has 0 unspecified atom stereocenters. The number of carbonyl (C=O) groups excluding carboxylic acids is 1. The minimum Gasteiger partial charge on any atom is -0.493 e. The number of rotatable bonds is 7. The zero-order chi connectivity index (χ0) is 22.1. The lowest BCUT2D eigenvalue weighted by atomic mass is 9.88. The first-order valence-corrected chi connectivity index (χ1v) is 10.5. The van der Waals surface area contributed by atoms with E-state index in [4.69, 9.17) is 18.9 Å². The summed E-state index contributed by atoms with van der Waals surface area (Å²) in [7, 11) is 6.51. The van der Waals surface area contributed by atoms with Crippen molar-refractivity contribution in [2.75, 3.05) is 28.4 Å². The van der Waals surface area contributed by atoms with E-state index < -0.39 is 0 Å². The van der Waals surface area contributed by atoms with Crippen molar-refractivity contribution in [2.45, 2.75) is 32.7 Å². The summed E-state index contributed by atoms with van der Waals surface area (Å²) in [5, 5.41) is 1.74. The second-order valence-electron chi connectivity index (χ2n) is 7.60. The van der Waals surface area contributed by atoms with E-state index in [1.54, 1.807) is 28.4 Å². The number of hydrogen-bond donors (Lipinski definition) is 0. The molecular weight excluding hydrogens is 394 g/mol. The van der Waals surface area contributed by atoms with Crippen molar-refractivity contribution < 1.29 is 28.3 Å². The number of aromatic nitrogens is 1. The monoisotopic (exact) mass is 422 g/mol. The van der Waals surface area contributed by atoms with Crippen LogP contribution in [0.1, 0.15) is 35.7 Å². The average molecular weight is 423 g/mol. The van der Waals surface area contributed by atoms with Crippen LogP contribution >= 0.6 is 0 Å². The van der Waals surface area contributed by atoms with Gasteiger partial charge in [0.1, 0.15) is 0 Å². The summed E-state index contributed by atoms with van der Waals surface area (Å²) >= 11 is 0. The summed E-state index contributed by atoms with van der Waals surface area (Å²) in [4.78, 5) is 13.4. The second kappa shape index (κ2) is 8.46. The first-order valence-electron chi connectivity index (χ1n) is 10.5. The number of ketones is 1. The van der Waals surface area contributed by atoms with Crippen molar-refractivity contribution in [1.29, 1.82) is 0 Å². The van der Waals surface area contributed by atoms with Gasteiger partial charge in [0.25, 0.3) is 0 Å². The predicted octanol–water partition coefficient (Wildman–Crippen LogP) is 4.37. The van der Waals surface area contributed by atoms with Gasteiger partial charge in [-0.3, -0.25) is 4.79 Å². The van der Waals surface area contributed by atoms with Gasteiger partial charge >= 0.3 is 0 Å². The van der Waals surface area contributed by atoms with Gasteiger partial charge < -0.3 is 18.9 Å². The van der Waals surface area contributed by atoms with Crippen LogP contribution in [0.4, 0.5) is 0 Å². The SMILES string of the molecule is CCCC(=O)c1c2[n+](cc3c(OC)c(OC)ccc13)CCc1cc(OC)c(OC)cc1-2. The normalized spacial score (nSPS) is 12.2. The molecule has 0 N–H and O–H groups in total. The molecule has 6 nitrogen and oxygen atoms in total. The number of nitrogens with zero attached hydrogens (tertiary/aromatic N) is 1. The van der Waals surface area contributed by atoms with Gasteiger partial charge in [-0.2, -0.15) is 4.57 Å². The molecule has 0 saturated carbocycles. The van der Waals surface area contributed by atoms with Crippen molar-refractivity contribution in [3.8, 4) is 34.3 Å². The molecule has 0 saturated heterocycles. The lowest BCUT2D eigenvalue weighted by Gasteiger charge is -2.21. The van der Waals surface area contributed by atoms with Crippen molar-refractivity contribution in [3.05, 3.63) is 41.6 Å². The van der Waals surface area contributed by atoms with Crippen LogP contribution in [0.15, 0.2) is 30.5 Å². The summed E-state index contributed by atoms with van der Waals surface area (Å²) < 4.78 is 24.4. The Kier molecular flexibility index (Phi) is 5.72. The lowest BCUT2D eigenvalue weighted by Crippen LogP contribution is -2.41. The molecule has 3 aromatic rings. The predicted molar refractivity (Wildman–Crippen MR) is 119 cm³/mol. The molecule has 0 atom stereocenters. The van der Waals surface area contributed by atoms with Gasteiger partial charge in [0.15, 0.2) is 41.5 Å². The summed E-state index contributed by atoms with van der Waals surface area (Å²) in [6.45, 7) is 2.77. The Labute approximate surface area is 182 Å². The number of ether oxygens (including phenoxy) is 4. The van der Waals surface area contributed by atoms with E-state index >= 15 is 0 Å². The maximum absolute atomic E-state index is 13.4. The average Bonchev–Trinajstić information content (AvgIpc) is 2.80. The molecule has 0 spiro atoms.